The number of hydrogen-bond donors (Lipinski definition) is 1. The summed E-state index contributed by atoms with van der Waals surface area (Å²) in [4.78, 5) is 37.5. The number of nitrogens with zero attached hydrogens (tertiary/aromatic N) is 2. The summed E-state index contributed by atoms with van der Waals surface area (Å²) in [5, 5.41) is 6.40. The fourth-order valence-electron chi connectivity index (χ4n) is 2.73. The van der Waals surface area contributed by atoms with Gasteiger partial charge in [-0.25, -0.2) is 0 Å². The second kappa shape index (κ2) is 5.96. The molecule has 0 aliphatic carbocycles. The zero-order valence-corrected chi connectivity index (χ0v) is 15.5. The zero-order valence-electron chi connectivity index (χ0n) is 12.4. The predicted molar refractivity (Wildman–Crippen MR) is 98.6 cm³/mol. The van der Waals surface area contributed by atoms with Gasteiger partial charge in [0.2, 0.25) is 0 Å². The third kappa shape index (κ3) is 2.27. The molecule has 10 heteroatoms. The van der Waals surface area contributed by atoms with Crippen LogP contribution >= 0.6 is 46.4 Å². The van der Waals surface area contributed by atoms with Gasteiger partial charge in [0.05, 0.1) is 36.9 Å². The van der Waals surface area contributed by atoms with Crippen LogP contribution in [-0.2, 0) is 4.79 Å². The van der Waals surface area contributed by atoms with Gasteiger partial charge in [-0.05, 0) is 6.07 Å². The number of halogens is 4. The summed E-state index contributed by atoms with van der Waals surface area (Å²) in [6, 6.07) is 6.74. The van der Waals surface area contributed by atoms with Crippen LogP contribution in [0.3, 0.4) is 0 Å². The van der Waals surface area contributed by atoms with Crippen molar-refractivity contribution in [2.45, 2.75) is 0 Å². The Balaban J connectivity index is 1.88. The maximum atomic E-state index is 12.7. The van der Waals surface area contributed by atoms with Crippen molar-refractivity contribution in [1.29, 1.82) is 0 Å². The second-order valence-corrected chi connectivity index (χ2v) is 6.89. The summed E-state index contributed by atoms with van der Waals surface area (Å²) >= 11 is 24.0. The van der Waals surface area contributed by atoms with Gasteiger partial charge in [0.1, 0.15) is 0 Å². The van der Waals surface area contributed by atoms with E-state index >= 15 is 0 Å². The third-order valence-electron chi connectivity index (χ3n) is 3.93. The minimum absolute atomic E-state index is 0.0838. The number of fused-ring (bicyclic) bond motifs is 2. The molecule has 0 saturated carbocycles. The van der Waals surface area contributed by atoms with Gasteiger partial charge in [0.15, 0.2) is 5.71 Å². The SMILES string of the molecule is O=C1Nc2ccccc2C1=NN1C(=O)c2c(Cl)c(Cl)c(Cl)c(Cl)c2C1=O. The summed E-state index contributed by atoms with van der Waals surface area (Å²) < 4.78 is 0. The molecular formula is C16H5Cl4N3O3. The van der Waals surface area contributed by atoms with E-state index in [1.54, 1.807) is 24.3 Å². The summed E-state index contributed by atoms with van der Waals surface area (Å²) in [5.41, 5.74) is 0.496. The van der Waals surface area contributed by atoms with Gasteiger partial charge < -0.3 is 5.32 Å². The van der Waals surface area contributed by atoms with Crippen LogP contribution in [0.15, 0.2) is 29.4 Å². The Morgan fingerprint density at radius 3 is 1.92 bits per heavy atom. The van der Waals surface area contributed by atoms with Gasteiger partial charge >= 0.3 is 0 Å². The van der Waals surface area contributed by atoms with Crippen LogP contribution in [0.2, 0.25) is 20.1 Å². The van der Waals surface area contributed by atoms with Gasteiger partial charge in [0, 0.05) is 5.56 Å². The number of nitrogens with one attached hydrogen (secondary N) is 1. The van der Waals surface area contributed by atoms with Crippen molar-refractivity contribution in [3.05, 3.63) is 61.0 Å². The van der Waals surface area contributed by atoms with Gasteiger partial charge in [-0.2, -0.15) is 10.1 Å². The summed E-state index contributed by atoms with van der Waals surface area (Å²) in [5.74, 6) is -2.24. The molecule has 2 aromatic rings. The molecule has 0 unspecified atom stereocenters. The van der Waals surface area contributed by atoms with Crippen molar-refractivity contribution < 1.29 is 14.4 Å². The Hall–Kier alpha value is -2.12. The number of para-hydroxylation sites is 1. The molecule has 6 nitrogen and oxygen atoms in total. The largest absolute Gasteiger partial charge is 0.320 e. The number of anilines is 1. The maximum Gasteiger partial charge on any atom is 0.283 e. The molecule has 2 heterocycles. The highest BCUT2D eigenvalue weighted by atomic mass is 35.5. The Morgan fingerprint density at radius 1 is 0.808 bits per heavy atom. The van der Waals surface area contributed by atoms with E-state index in [9.17, 15) is 14.4 Å². The molecule has 1 N–H and O–H groups in total. The normalized spacial score (nSPS) is 17.0. The number of hydrazone groups is 1. The molecule has 0 radical (unpaired) electrons. The number of carbonyl (C=O) groups excluding carboxylic acids is 3. The number of benzene rings is 2. The zero-order chi connectivity index (χ0) is 18.7. The van der Waals surface area contributed by atoms with E-state index < -0.39 is 17.7 Å². The molecule has 0 atom stereocenters. The topological polar surface area (TPSA) is 78.8 Å². The first-order chi connectivity index (χ1) is 12.3. The van der Waals surface area contributed by atoms with E-state index in [4.69, 9.17) is 46.4 Å². The highest BCUT2D eigenvalue weighted by molar-refractivity contribution is 6.56. The molecule has 2 aliphatic heterocycles. The van der Waals surface area contributed by atoms with Crippen LogP contribution < -0.4 is 5.32 Å². The molecule has 3 amide bonds. The van der Waals surface area contributed by atoms with Crippen molar-refractivity contribution in [3.8, 4) is 0 Å². The van der Waals surface area contributed by atoms with Crippen LogP contribution in [0.1, 0.15) is 26.3 Å². The Kier molecular flexibility index (Phi) is 3.96. The first kappa shape index (κ1) is 17.3. The van der Waals surface area contributed by atoms with E-state index in [0.717, 1.165) is 0 Å². The van der Waals surface area contributed by atoms with Crippen LogP contribution in [-0.4, -0.2) is 28.4 Å². The smallest absolute Gasteiger partial charge is 0.283 e. The van der Waals surface area contributed by atoms with E-state index in [1.807, 2.05) is 0 Å². The minimum atomic E-state index is -0.847. The molecule has 2 aromatic carbocycles. The van der Waals surface area contributed by atoms with Gasteiger partial charge in [-0.15, -0.1) is 0 Å². The molecule has 0 saturated heterocycles. The highest BCUT2D eigenvalue weighted by Gasteiger charge is 2.43. The number of carbonyl (C=O) groups is 3. The highest BCUT2D eigenvalue weighted by Crippen LogP contribution is 2.45. The lowest BCUT2D eigenvalue weighted by Gasteiger charge is -2.07. The first-order valence-electron chi connectivity index (χ1n) is 7.07. The average Bonchev–Trinajstić information content (AvgIpc) is 3.07. The second-order valence-electron chi connectivity index (χ2n) is 5.38. The maximum absolute atomic E-state index is 12.7. The summed E-state index contributed by atoms with van der Waals surface area (Å²) in [6.45, 7) is 0. The van der Waals surface area contributed by atoms with E-state index in [-0.39, 0.29) is 36.9 Å². The van der Waals surface area contributed by atoms with Crippen LogP contribution in [0, 0.1) is 0 Å². The van der Waals surface area contributed by atoms with Crippen LogP contribution in [0.4, 0.5) is 5.69 Å². The monoisotopic (exact) mass is 427 g/mol. The number of imide groups is 1. The molecule has 0 aromatic heterocycles. The van der Waals surface area contributed by atoms with Crippen LogP contribution in [0.25, 0.3) is 0 Å². The number of rotatable bonds is 1. The summed E-state index contributed by atoms with van der Waals surface area (Å²) in [6.07, 6.45) is 0. The van der Waals surface area contributed by atoms with Crippen LogP contribution in [0.5, 0.6) is 0 Å². The molecule has 0 spiro atoms. The van der Waals surface area contributed by atoms with Crippen molar-refractivity contribution in [3.63, 3.8) is 0 Å². The Labute approximate surface area is 166 Å². The van der Waals surface area contributed by atoms with E-state index in [2.05, 4.69) is 10.4 Å². The number of hydrogen-bond acceptors (Lipinski definition) is 4. The molecule has 0 bridgehead atoms. The average molecular weight is 429 g/mol. The molecule has 2 aliphatic rings. The standard InChI is InChI=1S/C16H5Cl4N3O3/c17-9-7-8(10(18)12(20)11(9)19)16(26)23(15(7)25)22-13-5-3-1-2-4-6(5)21-14(13)24/h1-4H,(H,21,22,24). The van der Waals surface area contributed by atoms with Crippen molar-refractivity contribution in [1.82, 2.24) is 5.01 Å². The van der Waals surface area contributed by atoms with Crippen molar-refractivity contribution in [2.24, 2.45) is 5.10 Å². The molecule has 4 rings (SSSR count). The fourth-order valence-corrected chi connectivity index (χ4v) is 3.74. The lowest BCUT2D eigenvalue weighted by atomic mass is 10.1. The Bertz CT molecular complexity index is 1030. The number of amides is 3. The lowest BCUT2D eigenvalue weighted by Crippen LogP contribution is -2.28. The fraction of sp³-hybridized carbons (Fsp3) is 0. The van der Waals surface area contributed by atoms with Gasteiger partial charge in [-0.3, -0.25) is 14.4 Å². The van der Waals surface area contributed by atoms with Gasteiger partial charge in [-0.1, -0.05) is 64.6 Å². The van der Waals surface area contributed by atoms with Gasteiger partial charge in [0.25, 0.3) is 17.7 Å². The third-order valence-corrected chi connectivity index (χ3v) is 5.73. The van der Waals surface area contributed by atoms with E-state index in [0.29, 0.717) is 16.3 Å². The van der Waals surface area contributed by atoms with E-state index in [1.165, 1.54) is 0 Å². The quantitative estimate of drug-likeness (QED) is 0.418. The lowest BCUT2D eigenvalue weighted by molar-refractivity contribution is -0.110. The molecule has 130 valence electrons. The van der Waals surface area contributed by atoms with Crippen molar-refractivity contribution >= 4 is 75.5 Å². The molecule has 26 heavy (non-hydrogen) atoms. The molecular weight excluding hydrogens is 424 g/mol. The molecule has 0 fully saturated rings. The minimum Gasteiger partial charge on any atom is -0.320 e. The first-order valence-corrected chi connectivity index (χ1v) is 8.58. The van der Waals surface area contributed by atoms with Crippen molar-refractivity contribution in [2.75, 3.05) is 5.32 Å². The Morgan fingerprint density at radius 2 is 1.35 bits per heavy atom. The predicted octanol–water partition coefficient (Wildman–Crippen LogP) is 4.25. The summed E-state index contributed by atoms with van der Waals surface area (Å²) in [7, 11) is 0.